The van der Waals surface area contributed by atoms with Crippen molar-refractivity contribution < 1.29 is 26.3 Å². The van der Waals surface area contributed by atoms with Crippen LogP contribution in [0, 0.1) is 0 Å². The highest BCUT2D eigenvalue weighted by molar-refractivity contribution is 5.85. The van der Waals surface area contributed by atoms with E-state index in [0.717, 1.165) is 0 Å². The maximum atomic E-state index is 12.9. The Morgan fingerprint density at radius 2 is 0.533 bits per heavy atom. The molecule has 1 aromatic rings. The van der Waals surface area contributed by atoms with Crippen LogP contribution in [0.1, 0.15) is 33.4 Å². The Kier molecular flexibility index (Phi) is 0.786. The molecule has 0 radical (unpaired) electrons. The fourth-order valence-corrected chi connectivity index (χ4v) is 2.40. The maximum Gasteiger partial charge on any atom is 0.300 e. The van der Waals surface area contributed by atoms with Gasteiger partial charge in [0.15, 0.2) is 0 Å². The van der Waals surface area contributed by atoms with Crippen LogP contribution in [0.3, 0.4) is 0 Å². The number of benzene rings is 1. The van der Waals surface area contributed by atoms with Crippen LogP contribution in [0.4, 0.5) is 26.3 Å². The summed E-state index contributed by atoms with van der Waals surface area (Å²) in [6, 6.07) is 0. The molecular weight excluding hydrogens is 222 g/mol. The molecule has 0 nitrogen and oxygen atoms in total. The van der Waals surface area contributed by atoms with Gasteiger partial charge in [0.05, 0.1) is 0 Å². The Labute approximate surface area is 78.5 Å². The molecule has 0 N–H and O–H groups in total. The van der Waals surface area contributed by atoms with Crippen molar-refractivity contribution in [3.8, 4) is 0 Å². The summed E-state index contributed by atoms with van der Waals surface area (Å²) in [5.74, 6) is -10.7. The molecule has 4 rings (SSSR count). The summed E-state index contributed by atoms with van der Waals surface area (Å²) in [6.07, 6.45) is 0. The molecule has 0 fully saturated rings. The summed E-state index contributed by atoms with van der Waals surface area (Å²) in [5, 5.41) is 0. The van der Waals surface area contributed by atoms with Gasteiger partial charge in [0.2, 0.25) is 0 Å². The predicted octanol–water partition coefficient (Wildman–Crippen LogP) is 3.05. The van der Waals surface area contributed by atoms with E-state index >= 15 is 0 Å². The Morgan fingerprint density at radius 1 is 0.400 bits per heavy atom. The Hall–Kier alpha value is -1.20. The van der Waals surface area contributed by atoms with Gasteiger partial charge in [0.25, 0.3) is 0 Å². The molecule has 0 saturated carbocycles. The number of rotatable bonds is 0. The molecule has 0 aliphatic heterocycles. The monoisotopic (exact) mass is 222 g/mol. The van der Waals surface area contributed by atoms with Crippen molar-refractivity contribution in [2.24, 2.45) is 0 Å². The van der Waals surface area contributed by atoms with Crippen LogP contribution >= 0.6 is 0 Å². The summed E-state index contributed by atoms with van der Waals surface area (Å²) in [4.78, 5) is 0. The molecular formula is C9F6. The standard InChI is InChI=1S/C9F6/c10-7(11)1-2(7)4-6(9(4,14)15)5-3(1)8(5,12)13. The highest BCUT2D eigenvalue weighted by Gasteiger charge is 2.79. The van der Waals surface area contributed by atoms with E-state index in [1.807, 2.05) is 0 Å². The first-order valence-electron chi connectivity index (χ1n) is 4.13. The molecule has 0 saturated heterocycles. The predicted molar refractivity (Wildman–Crippen MR) is 35.4 cm³/mol. The molecule has 6 heteroatoms. The maximum absolute atomic E-state index is 12.9. The fourth-order valence-electron chi connectivity index (χ4n) is 2.40. The van der Waals surface area contributed by atoms with Crippen molar-refractivity contribution in [3.05, 3.63) is 33.4 Å². The van der Waals surface area contributed by atoms with Gasteiger partial charge in [0.1, 0.15) is 0 Å². The molecule has 0 spiro atoms. The van der Waals surface area contributed by atoms with E-state index in [1.54, 1.807) is 0 Å². The Balaban J connectivity index is 2.10. The lowest BCUT2D eigenvalue weighted by Crippen LogP contribution is -1.90. The van der Waals surface area contributed by atoms with Crippen molar-refractivity contribution in [1.29, 1.82) is 0 Å². The number of hydrogen-bond donors (Lipinski definition) is 0. The van der Waals surface area contributed by atoms with Crippen molar-refractivity contribution >= 4 is 0 Å². The molecule has 0 heterocycles. The second-order valence-corrected chi connectivity index (χ2v) is 3.97. The molecule has 0 atom stereocenters. The normalized spacial score (nSPS) is 27.6. The van der Waals surface area contributed by atoms with Crippen LogP contribution in [0.25, 0.3) is 0 Å². The smallest absolute Gasteiger partial charge is 0.196 e. The van der Waals surface area contributed by atoms with Crippen molar-refractivity contribution in [1.82, 2.24) is 0 Å². The number of alkyl halides is 6. The topological polar surface area (TPSA) is 0 Å². The van der Waals surface area contributed by atoms with Gasteiger partial charge in [-0.2, -0.15) is 26.3 Å². The summed E-state index contributed by atoms with van der Waals surface area (Å²) in [7, 11) is 0. The zero-order valence-electron chi connectivity index (χ0n) is 6.77. The zero-order chi connectivity index (χ0) is 11.0. The Bertz CT molecular complexity index is 423. The summed E-state index contributed by atoms with van der Waals surface area (Å²) < 4.78 is 77.6. The van der Waals surface area contributed by atoms with E-state index in [9.17, 15) is 26.3 Å². The third-order valence-electron chi connectivity index (χ3n) is 3.20. The largest absolute Gasteiger partial charge is 0.300 e. The van der Waals surface area contributed by atoms with E-state index < -0.39 is 51.1 Å². The first-order chi connectivity index (χ1) is 6.73. The second-order valence-electron chi connectivity index (χ2n) is 3.97. The van der Waals surface area contributed by atoms with Gasteiger partial charge in [-0.15, -0.1) is 0 Å². The van der Waals surface area contributed by atoms with Crippen molar-refractivity contribution in [3.63, 3.8) is 0 Å². The molecule has 0 bridgehead atoms. The second kappa shape index (κ2) is 1.47. The lowest BCUT2D eigenvalue weighted by molar-refractivity contribution is 0.0825. The van der Waals surface area contributed by atoms with Gasteiger partial charge < -0.3 is 0 Å². The van der Waals surface area contributed by atoms with E-state index in [0.29, 0.717) is 0 Å². The number of hydrogen-bond acceptors (Lipinski definition) is 0. The van der Waals surface area contributed by atoms with Crippen LogP contribution in [0.5, 0.6) is 0 Å². The third-order valence-corrected chi connectivity index (χ3v) is 3.20. The van der Waals surface area contributed by atoms with Crippen LogP contribution < -0.4 is 0 Å². The molecule has 1 aromatic carbocycles. The Morgan fingerprint density at radius 3 is 0.667 bits per heavy atom. The first kappa shape index (κ1) is 8.01. The van der Waals surface area contributed by atoms with Crippen molar-refractivity contribution in [2.45, 2.75) is 17.8 Å². The van der Waals surface area contributed by atoms with Gasteiger partial charge in [-0.05, 0) is 0 Å². The highest BCUT2D eigenvalue weighted by Crippen LogP contribution is 2.77. The summed E-state index contributed by atoms with van der Waals surface area (Å²) in [5.41, 5.74) is -5.18. The first-order valence-corrected chi connectivity index (χ1v) is 4.13. The molecule has 0 amide bonds. The average Bonchev–Trinajstić information content (AvgIpc) is 2.95. The van der Waals surface area contributed by atoms with E-state index in [-0.39, 0.29) is 0 Å². The molecule has 3 aliphatic carbocycles. The molecule has 0 unspecified atom stereocenters. The minimum atomic E-state index is -3.56. The fraction of sp³-hybridized carbons (Fsp3) is 0.333. The van der Waals surface area contributed by atoms with Gasteiger partial charge in [0, 0.05) is 33.4 Å². The summed E-state index contributed by atoms with van der Waals surface area (Å²) in [6.45, 7) is 0. The molecule has 15 heavy (non-hydrogen) atoms. The molecule has 3 aliphatic rings. The van der Waals surface area contributed by atoms with E-state index in [2.05, 4.69) is 0 Å². The van der Waals surface area contributed by atoms with Crippen LogP contribution in [0.2, 0.25) is 0 Å². The molecule has 78 valence electrons. The van der Waals surface area contributed by atoms with Gasteiger partial charge >= 0.3 is 17.8 Å². The number of halogens is 6. The van der Waals surface area contributed by atoms with Crippen LogP contribution in [0.15, 0.2) is 0 Å². The lowest BCUT2D eigenvalue weighted by atomic mass is 10.4. The highest BCUT2D eigenvalue weighted by atomic mass is 19.3. The van der Waals surface area contributed by atoms with E-state index in [1.165, 1.54) is 0 Å². The van der Waals surface area contributed by atoms with Crippen LogP contribution in [-0.2, 0) is 17.8 Å². The van der Waals surface area contributed by atoms with Crippen molar-refractivity contribution in [2.75, 3.05) is 0 Å². The van der Waals surface area contributed by atoms with Gasteiger partial charge in [-0.25, -0.2) is 0 Å². The minimum Gasteiger partial charge on any atom is -0.196 e. The van der Waals surface area contributed by atoms with Gasteiger partial charge in [-0.1, -0.05) is 0 Å². The quantitative estimate of drug-likeness (QED) is 0.592. The minimum absolute atomic E-state index is 0.863. The zero-order valence-corrected chi connectivity index (χ0v) is 6.77. The lowest BCUT2D eigenvalue weighted by Gasteiger charge is -1.88. The summed E-state index contributed by atoms with van der Waals surface area (Å²) >= 11 is 0. The van der Waals surface area contributed by atoms with Gasteiger partial charge in [-0.3, -0.25) is 0 Å². The number of fused-ring (bicyclic) bond motifs is 6. The SMILES string of the molecule is FC1(F)c2c3c(c4c(c21)C4(F)F)C3(F)F. The molecule has 0 aromatic heterocycles. The average molecular weight is 222 g/mol. The van der Waals surface area contributed by atoms with E-state index in [4.69, 9.17) is 0 Å². The van der Waals surface area contributed by atoms with Crippen LogP contribution in [-0.4, -0.2) is 0 Å². The third kappa shape index (κ3) is 0.536.